The second-order valence-corrected chi connectivity index (χ2v) is 6.10. The molecule has 1 aliphatic heterocycles. The molecule has 1 unspecified atom stereocenters. The maximum atomic E-state index is 11.6. The van der Waals surface area contributed by atoms with Gasteiger partial charge in [0.15, 0.2) is 5.78 Å². The predicted octanol–water partition coefficient (Wildman–Crippen LogP) is 3.66. The first kappa shape index (κ1) is 15.1. The van der Waals surface area contributed by atoms with Crippen molar-refractivity contribution in [2.45, 2.75) is 19.3 Å². The molecule has 20 heavy (non-hydrogen) atoms. The van der Waals surface area contributed by atoms with E-state index in [0.29, 0.717) is 11.4 Å². The monoisotopic (exact) mass is 310 g/mol. The number of ketones is 1. The zero-order chi connectivity index (χ0) is 14.7. The Morgan fingerprint density at radius 2 is 2.25 bits per heavy atom. The zero-order valence-electron chi connectivity index (χ0n) is 11.3. The number of Topliss-reactive ketones (excluding diaryl/α,β-unsaturated/α-hetero) is 1. The number of carbonyl (C=O) groups is 2. The number of thioether (sulfide) groups is 1. The van der Waals surface area contributed by atoms with Crippen LogP contribution in [0.4, 0.5) is 0 Å². The molecule has 3 nitrogen and oxygen atoms in total. The van der Waals surface area contributed by atoms with Crippen LogP contribution in [0, 0.1) is 0 Å². The van der Waals surface area contributed by atoms with Gasteiger partial charge in [-0.1, -0.05) is 23.7 Å². The molecule has 1 fully saturated rings. The first-order valence-corrected chi connectivity index (χ1v) is 7.64. The van der Waals surface area contributed by atoms with E-state index in [9.17, 15) is 9.59 Å². The highest BCUT2D eigenvalue weighted by Gasteiger charge is 2.19. The first-order chi connectivity index (χ1) is 9.52. The summed E-state index contributed by atoms with van der Waals surface area (Å²) in [6, 6.07) is 5.42. The standard InChI is InChI=1S/C15H15ClO3S/c1-9(15(18)19-2)10-3-4-11(12(16)7-10)8-14-13(17)5-6-20-14/h3-4,7-9H,5-6H2,1-2H3/b14-8-. The van der Waals surface area contributed by atoms with Gasteiger partial charge in [0.05, 0.1) is 17.9 Å². The van der Waals surface area contributed by atoms with Gasteiger partial charge in [-0.05, 0) is 30.2 Å². The molecule has 0 aromatic heterocycles. The summed E-state index contributed by atoms with van der Waals surface area (Å²) in [6.07, 6.45) is 2.40. The van der Waals surface area contributed by atoms with Gasteiger partial charge in [0.1, 0.15) is 0 Å². The maximum Gasteiger partial charge on any atom is 0.312 e. The van der Waals surface area contributed by atoms with Gasteiger partial charge in [-0.3, -0.25) is 9.59 Å². The van der Waals surface area contributed by atoms with E-state index in [1.54, 1.807) is 24.8 Å². The molecule has 0 aliphatic carbocycles. The molecule has 0 bridgehead atoms. The Kier molecular flexibility index (Phi) is 4.89. The zero-order valence-corrected chi connectivity index (χ0v) is 12.9. The van der Waals surface area contributed by atoms with E-state index >= 15 is 0 Å². The molecule has 1 aromatic rings. The molecule has 0 amide bonds. The molecule has 1 atom stereocenters. The summed E-state index contributed by atoms with van der Waals surface area (Å²) in [6.45, 7) is 1.77. The fourth-order valence-electron chi connectivity index (χ4n) is 1.96. The van der Waals surface area contributed by atoms with Crippen LogP contribution in [0.25, 0.3) is 6.08 Å². The summed E-state index contributed by atoms with van der Waals surface area (Å²) in [7, 11) is 1.36. The van der Waals surface area contributed by atoms with Crippen LogP contribution in [0.5, 0.6) is 0 Å². The second-order valence-electron chi connectivity index (χ2n) is 4.56. The molecule has 0 N–H and O–H groups in total. The third kappa shape index (κ3) is 3.25. The van der Waals surface area contributed by atoms with Gasteiger partial charge in [-0.2, -0.15) is 0 Å². The van der Waals surface area contributed by atoms with E-state index in [0.717, 1.165) is 21.8 Å². The van der Waals surface area contributed by atoms with E-state index in [1.807, 2.05) is 18.2 Å². The van der Waals surface area contributed by atoms with E-state index < -0.39 is 0 Å². The average Bonchev–Trinajstić information content (AvgIpc) is 2.84. The van der Waals surface area contributed by atoms with Crippen molar-refractivity contribution in [3.63, 3.8) is 0 Å². The minimum atomic E-state index is -0.360. The second kappa shape index (κ2) is 6.46. The molecule has 0 spiro atoms. The third-order valence-corrected chi connectivity index (χ3v) is 4.62. The number of methoxy groups -OCH3 is 1. The third-order valence-electron chi connectivity index (χ3n) is 3.23. The normalized spacial score (nSPS) is 18.4. The molecule has 106 valence electrons. The first-order valence-electron chi connectivity index (χ1n) is 6.28. The van der Waals surface area contributed by atoms with Gasteiger partial charge >= 0.3 is 5.97 Å². The lowest BCUT2D eigenvalue weighted by Gasteiger charge is -2.11. The number of allylic oxidation sites excluding steroid dienone is 1. The van der Waals surface area contributed by atoms with Crippen molar-refractivity contribution < 1.29 is 14.3 Å². The van der Waals surface area contributed by atoms with Crippen molar-refractivity contribution in [2.24, 2.45) is 0 Å². The van der Waals surface area contributed by atoms with Crippen LogP contribution in [-0.2, 0) is 14.3 Å². The lowest BCUT2D eigenvalue weighted by molar-refractivity contribution is -0.142. The number of rotatable bonds is 3. The fraction of sp³-hybridized carbons (Fsp3) is 0.333. The summed E-state index contributed by atoms with van der Waals surface area (Å²) in [5.74, 6) is 0.341. The summed E-state index contributed by atoms with van der Waals surface area (Å²) in [4.78, 5) is 23.9. The SMILES string of the molecule is COC(=O)C(C)c1ccc(/C=C2\SCCC2=O)c(Cl)c1. The van der Waals surface area contributed by atoms with Gasteiger partial charge < -0.3 is 4.74 Å². The number of benzene rings is 1. The molecule has 5 heteroatoms. The Bertz CT molecular complexity index is 580. The highest BCUT2D eigenvalue weighted by atomic mass is 35.5. The number of ether oxygens (including phenoxy) is 1. The number of carbonyl (C=O) groups excluding carboxylic acids is 2. The molecule has 1 aliphatic rings. The average molecular weight is 311 g/mol. The molecular weight excluding hydrogens is 296 g/mol. The van der Waals surface area contributed by atoms with Crippen LogP contribution in [0.2, 0.25) is 5.02 Å². The molecule has 2 rings (SSSR count). The highest BCUT2D eigenvalue weighted by Crippen LogP contribution is 2.32. The molecular formula is C15H15ClO3S. The van der Waals surface area contributed by atoms with Crippen molar-refractivity contribution in [3.8, 4) is 0 Å². The van der Waals surface area contributed by atoms with Gasteiger partial charge in [-0.15, -0.1) is 11.8 Å². The number of halogens is 1. The Hall–Kier alpha value is -1.26. The molecule has 0 radical (unpaired) electrons. The van der Waals surface area contributed by atoms with Crippen molar-refractivity contribution in [2.75, 3.05) is 12.9 Å². The summed E-state index contributed by atoms with van der Waals surface area (Å²) in [5.41, 5.74) is 1.60. The minimum absolute atomic E-state index is 0.165. The predicted molar refractivity (Wildman–Crippen MR) is 81.9 cm³/mol. The smallest absolute Gasteiger partial charge is 0.312 e. The number of hydrogen-bond acceptors (Lipinski definition) is 4. The van der Waals surface area contributed by atoms with Gasteiger partial charge in [0.25, 0.3) is 0 Å². The molecule has 1 aromatic carbocycles. The lowest BCUT2D eigenvalue weighted by Crippen LogP contribution is -2.10. The van der Waals surface area contributed by atoms with Crippen LogP contribution in [0.1, 0.15) is 30.4 Å². The van der Waals surface area contributed by atoms with Crippen LogP contribution in [-0.4, -0.2) is 24.6 Å². The Morgan fingerprint density at radius 1 is 1.50 bits per heavy atom. The number of esters is 1. The van der Waals surface area contributed by atoms with Crippen LogP contribution in [0.15, 0.2) is 23.1 Å². The van der Waals surface area contributed by atoms with E-state index in [4.69, 9.17) is 16.3 Å². The Balaban J connectivity index is 2.26. The van der Waals surface area contributed by atoms with Crippen molar-refractivity contribution in [1.82, 2.24) is 0 Å². The van der Waals surface area contributed by atoms with Crippen LogP contribution in [0.3, 0.4) is 0 Å². The summed E-state index contributed by atoms with van der Waals surface area (Å²) >= 11 is 7.78. The number of hydrogen-bond donors (Lipinski definition) is 0. The summed E-state index contributed by atoms with van der Waals surface area (Å²) in [5, 5.41) is 0.533. The van der Waals surface area contributed by atoms with Crippen molar-refractivity contribution in [3.05, 3.63) is 39.3 Å². The van der Waals surface area contributed by atoms with Crippen molar-refractivity contribution >= 4 is 41.2 Å². The van der Waals surface area contributed by atoms with Gasteiger partial charge in [0.2, 0.25) is 0 Å². The largest absolute Gasteiger partial charge is 0.469 e. The lowest BCUT2D eigenvalue weighted by atomic mass is 9.99. The van der Waals surface area contributed by atoms with Gasteiger partial charge in [0, 0.05) is 17.2 Å². The molecule has 1 heterocycles. The van der Waals surface area contributed by atoms with E-state index in [-0.39, 0.29) is 17.7 Å². The topological polar surface area (TPSA) is 43.4 Å². The maximum absolute atomic E-state index is 11.6. The highest BCUT2D eigenvalue weighted by molar-refractivity contribution is 8.04. The van der Waals surface area contributed by atoms with Crippen LogP contribution < -0.4 is 0 Å². The fourth-order valence-corrected chi connectivity index (χ4v) is 3.19. The summed E-state index contributed by atoms with van der Waals surface area (Å²) < 4.78 is 4.72. The molecule has 0 saturated carbocycles. The molecule has 1 saturated heterocycles. The quantitative estimate of drug-likeness (QED) is 0.631. The van der Waals surface area contributed by atoms with Crippen LogP contribution >= 0.6 is 23.4 Å². The van der Waals surface area contributed by atoms with Crippen molar-refractivity contribution in [1.29, 1.82) is 0 Å². The Morgan fingerprint density at radius 3 is 2.80 bits per heavy atom. The minimum Gasteiger partial charge on any atom is -0.469 e. The van der Waals surface area contributed by atoms with E-state index in [1.165, 1.54) is 7.11 Å². The Labute approximate surface area is 127 Å². The van der Waals surface area contributed by atoms with Gasteiger partial charge in [-0.25, -0.2) is 0 Å². The van der Waals surface area contributed by atoms with E-state index in [2.05, 4.69) is 0 Å².